The van der Waals surface area contributed by atoms with E-state index in [0.29, 0.717) is 24.7 Å². The van der Waals surface area contributed by atoms with Gasteiger partial charge in [-0.25, -0.2) is 14.6 Å². The summed E-state index contributed by atoms with van der Waals surface area (Å²) in [4.78, 5) is 20.7. The number of amides is 1. The zero-order valence-electron chi connectivity index (χ0n) is 13.1. The lowest BCUT2D eigenvalue weighted by Crippen LogP contribution is -2.52. The van der Waals surface area contributed by atoms with Gasteiger partial charge in [-0.3, -0.25) is 4.79 Å². The van der Waals surface area contributed by atoms with Gasteiger partial charge in [-0.05, 0) is 19.4 Å². The lowest BCUT2D eigenvalue weighted by atomic mass is 10.0. The maximum Gasteiger partial charge on any atom is 0.271 e. The average Bonchev–Trinajstić information content (AvgIpc) is 2.95. The van der Waals surface area contributed by atoms with Crippen LogP contribution in [0.3, 0.4) is 0 Å². The van der Waals surface area contributed by atoms with Crippen molar-refractivity contribution >= 4 is 11.7 Å². The van der Waals surface area contributed by atoms with Crippen molar-refractivity contribution in [3.63, 3.8) is 0 Å². The highest BCUT2D eigenvalue weighted by molar-refractivity contribution is 5.92. The topological polar surface area (TPSA) is 107 Å². The lowest BCUT2D eigenvalue weighted by Gasteiger charge is -2.33. The van der Waals surface area contributed by atoms with Gasteiger partial charge in [0.25, 0.3) is 5.91 Å². The largest absolute Gasteiger partial charge is 0.379 e. The molecule has 1 saturated heterocycles. The van der Waals surface area contributed by atoms with Crippen molar-refractivity contribution in [2.45, 2.75) is 25.4 Å². The van der Waals surface area contributed by atoms with Gasteiger partial charge in [0, 0.05) is 19.9 Å². The number of aryl methyl sites for hydroxylation is 2. The van der Waals surface area contributed by atoms with Gasteiger partial charge >= 0.3 is 0 Å². The third kappa shape index (κ3) is 3.62. The molecule has 9 heteroatoms. The summed E-state index contributed by atoms with van der Waals surface area (Å²) in [5.74, 6) is 1.21. The van der Waals surface area contributed by atoms with Crippen LogP contribution >= 0.6 is 0 Å². The summed E-state index contributed by atoms with van der Waals surface area (Å²) in [7, 11) is 1.69. The van der Waals surface area contributed by atoms with Crippen molar-refractivity contribution in [2.75, 3.05) is 18.5 Å². The normalized spacial score (nSPS) is 21.0. The summed E-state index contributed by atoms with van der Waals surface area (Å²) in [5, 5.41) is 13.8. The monoisotopic (exact) mass is 317 g/mol. The van der Waals surface area contributed by atoms with Crippen molar-refractivity contribution < 1.29 is 9.53 Å². The second kappa shape index (κ2) is 6.69. The third-order valence-corrected chi connectivity index (χ3v) is 3.73. The van der Waals surface area contributed by atoms with Crippen LogP contribution in [0.2, 0.25) is 0 Å². The van der Waals surface area contributed by atoms with Crippen molar-refractivity contribution in [3.05, 3.63) is 30.0 Å². The Labute approximate surface area is 133 Å². The van der Waals surface area contributed by atoms with Gasteiger partial charge in [-0.2, -0.15) is 0 Å². The van der Waals surface area contributed by atoms with Gasteiger partial charge in [0.15, 0.2) is 0 Å². The molecule has 0 aliphatic carbocycles. The lowest BCUT2D eigenvalue weighted by molar-refractivity contribution is 0.0616. The first kappa shape index (κ1) is 15.3. The minimum absolute atomic E-state index is 0.0665. The van der Waals surface area contributed by atoms with Crippen molar-refractivity contribution in [3.8, 4) is 0 Å². The molecule has 0 radical (unpaired) electrons. The first-order chi connectivity index (χ1) is 11.1. The van der Waals surface area contributed by atoms with Gasteiger partial charge < -0.3 is 15.4 Å². The molecule has 0 aromatic carbocycles. The number of hydrogen-bond acceptors (Lipinski definition) is 7. The van der Waals surface area contributed by atoms with E-state index in [0.717, 1.165) is 12.2 Å². The molecule has 2 aromatic heterocycles. The maximum absolute atomic E-state index is 12.3. The Morgan fingerprint density at radius 2 is 2.30 bits per heavy atom. The predicted molar refractivity (Wildman–Crippen MR) is 81.9 cm³/mol. The average molecular weight is 317 g/mol. The first-order valence-electron chi connectivity index (χ1n) is 7.43. The standard InChI is InChI=1S/C14H19N7O2/c1-9-15-5-3-13(17-9)18-11-8-23-6-4-10(11)19-14(22)12-7-16-20-21(12)2/h3,5,7,10-11H,4,6,8H2,1-2H3,(H,19,22)(H,15,17,18)/t10-,11+/m0/s1. The molecule has 0 saturated carbocycles. The van der Waals surface area contributed by atoms with E-state index in [-0.39, 0.29) is 18.0 Å². The molecule has 0 unspecified atom stereocenters. The number of carbonyl (C=O) groups excluding carboxylic acids is 1. The number of carbonyl (C=O) groups is 1. The van der Waals surface area contributed by atoms with E-state index in [4.69, 9.17) is 4.74 Å². The van der Waals surface area contributed by atoms with Gasteiger partial charge in [-0.15, -0.1) is 5.10 Å². The Bertz CT molecular complexity index is 687. The molecule has 1 aliphatic rings. The minimum atomic E-state index is -0.199. The smallest absolute Gasteiger partial charge is 0.271 e. The molecule has 9 nitrogen and oxygen atoms in total. The molecule has 1 aliphatic heterocycles. The molecular formula is C14H19N7O2. The minimum Gasteiger partial charge on any atom is -0.379 e. The van der Waals surface area contributed by atoms with E-state index in [1.165, 1.54) is 10.9 Å². The molecule has 1 amide bonds. The Balaban J connectivity index is 1.69. The van der Waals surface area contributed by atoms with Gasteiger partial charge in [0.05, 0.1) is 24.9 Å². The Morgan fingerprint density at radius 1 is 1.43 bits per heavy atom. The van der Waals surface area contributed by atoms with Crippen LogP contribution in [0.15, 0.2) is 18.5 Å². The predicted octanol–water partition coefficient (Wildman–Crippen LogP) is -0.0871. The first-order valence-corrected chi connectivity index (χ1v) is 7.43. The van der Waals surface area contributed by atoms with Crippen molar-refractivity contribution in [1.29, 1.82) is 0 Å². The van der Waals surface area contributed by atoms with Gasteiger partial charge in [-0.1, -0.05) is 5.21 Å². The maximum atomic E-state index is 12.3. The highest BCUT2D eigenvalue weighted by Gasteiger charge is 2.28. The van der Waals surface area contributed by atoms with E-state index in [9.17, 15) is 4.79 Å². The number of rotatable bonds is 4. The van der Waals surface area contributed by atoms with Crippen LogP contribution in [0.25, 0.3) is 0 Å². The van der Waals surface area contributed by atoms with E-state index in [1.807, 2.05) is 6.92 Å². The van der Waals surface area contributed by atoms with Gasteiger partial charge in [0.2, 0.25) is 0 Å². The molecule has 23 heavy (non-hydrogen) atoms. The molecule has 3 heterocycles. The van der Waals surface area contributed by atoms with E-state index in [1.54, 1.807) is 19.3 Å². The number of aromatic nitrogens is 5. The molecule has 0 bridgehead atoms. The molecule has 3 rings (SSSR count). The van der Waals surface area contributed by atoms with Crippen LogP contribution in [0.1, 0.15) is 22.7 Å². The summed E-state index contributed by atoms with van der Waals surface area (Å²) in [6, 6.07) is 1.66. The Hall–Kier alpha value is -2.55. The third-order valence-electron chi connectivity index (χ3n) is 3.73. The molecule has 2 atom stereocenters. The molecule has 1 fully saturated rings. The van der Waals surface area contributed by atoms with Crippen molar-refractivity contribution in [1.82, 2.24) is 30.3 Å². The highest BCUT2D eigenvalue weighted by atomic mass is 16.5. The highest BCUT2D eigenvalue weighted by Crippen LogP contribution is 2.14. The van der Waals surface area contributed by atoms with Crippen LogP contribution in [0.4, 0.5) is 5.82 Å². The molecule has 122 valence electrons. The molecule has 2 aromatic rings. The molecule has 0 spiro atoms. The zero-order valence-corrected chi connectivity index (χ0v) is 13.1. The number of hydrogen-bond donors (Lipinski definition) is 2. The fourth-order valence-corrected chi connectivity index (χ4v) is 2.52. The van der Waals surface area contributed by atoms with Crippen LogP contribution < -0.4 is 10.6 Å². The van der Waals surface area contributed by atoms with Crippen LogP contribution in [-0.2, 0) is 11.8 Å². The number of ether oxygens (including phenoxy) is 1. The molecule has 2 N–H and O–H groups in total. The summed E-state index contributed by atoms with van der Waals surface area (Å²) in [6.45, 7) is 2.93. The SMILES string of the molecule is Cc1nccc(N[C@@H]2COCC[C@@H]2NC(=O)c2cnnn2C)n1. The summed E-state index contributed by atoms with van der Waals surface area (Å²) in [6.07, 6.45) is 3.87. The fourth-order valence-electron chi connectivity index (χ4n) is 2.52. The van der Waals surface area contributed by atoms with Crippen LogP contribution in [-0.4, -0.2) is 56.2 Å². The Kier molecular flexibility index (Phi) is 4.47. The van der Waals surface area contributed by atoms with Gasteiger partial charge in [0.1, 0.15) is 17.3 Å². The van der Waals surface area contributed by atoms with E-state index in [2.05, 4.69) is 30.9 Å². The second-order valence-electron chi connectivity index (χ2n) is 5.43. The van der Waals surface area contributed by atoms with Crippen molar-refractivity contribution in [2.24, 2.45) is 7.05 Å². The molecular weight excluding hydrogens is 298 g/mol. The van der Waals surface area contributed by atoms with E-state index >= 15 is 0 Å². The van der Waals surface area contributed by atoms with Crippen LogP contribution in [0, 0.1) is 6.92 Å². The van der Waals surface area contributed by atoms with Crippen LogP contribution in [0.5, 0.6) is 0 Å². The quantitative estimate of drug-likeness (QED) is 0.811. The number of nitrogens with one attached hydrogen (secondary N) is 2. The zero-order chi connectivity index (χ0) is 16.2. The summed E-state index contributed by atoms with van der Waals surface area (Å²) < 4.78 is 6.97. The Morgan fingerprint density at radius 3 is 3.04 bits per heavy atom. The fraction of sp³-hybridized carbons (Fsp3) is 0.500. The second-order valence-corrected chi connectivity index (χ2v) is 5.43. The number of anilines is 1. The van der Waals surface area contributed by atoms with E-state index < -0.39 is 0 Å². The number of nitrogens with zero attached hydrogens (tertiary/aromatic N) is 5. The summed E-state index contributed by atoms with van der Waals surface area (Å²) in [5.41, 5.74) is 0.424. The summed E-state index contributed by atoms with van der Waals surface area (Å²) >= 11 is 0.